The highest BCUT2D eigenvalue weighted by Crippen LogP contribution is 2.45. The van der Waals surface area contributed by atoms with Crippen LogP contribution in [0.2, 0.25) is 0 Å². The van der Waals surface area contributed by atoms with Crippen molar-refractivity contribution < 1.29 is 38.1 Å². The van der Waals surface area contributed by atoms with Gasteiger partial charge in [-0.1, -0.05) is 18.7 Å². The van der Waals surface area contributed by atoms with Crippen LogP contribution in [0.4, 0.5) is 0 Å². The summed E-state index contributed by atoms with van der Waals surface area (Å²) in [4.78, 5) is 34.9. The first-order valence-electron chi connectivity index (χ1n) is 10.6. The molecule has 0 aliphatic carbocycles. The van der Waals surface area contributed by atoms with Gasteiger partial charge in [-0.3, -0.25) is 9.59 Å². The van der Waals surface area contributed by atoms with Gasteiger partial charge in [0.1, 0.15) is 28.7 Å². The van der Waals surface area contributed by atoms with Crippen LogP contribution in [-0.4, -0.2) is 32.1 Å². The van der Waals surface area contributed by atoms with E-state index < -0.39 is 11.9 Å². The van der Waals surface area contributed by atoms with E-state index in [1.165, 1.54) is 13.0 Å². The molecule has 0 atom stereocenters. The highest BCUT2D eigenvalue weighted by atomic mass is 16.5. The molecule has 3 aromatic carbocycles. The number of ether oxygens (including phenoxy) is 5. The summed E-state index contributed by atoms with van der Waals surface area (Å²) in [5, 5.41) is 0. The molecule has 0 unspecified atom stereocenters. The summed E-state index contributed by atoms with van der Waals surface area (Å²) in [6.07, 6.45) is 1.05. The first-order chi connectivity index (χ1) is 16.9. The number of hydrogen-bond donors (Lipinski definition) is 0. The molecule has 0 bridgehead atoms. The van der Waals surface area contributed by atoms with Crippen molar-refractivity contribution >= 4 is 18.4 Å². The van der Waals surface area contributed by atoms with Crippen LogP contribution < -0.4 is 23.7 Å². The number of rotatable bonds is 10. The van der Waals surface area contributed by atoms with Crippen LogP contribution in [0.3, 0.4) is 0 Å². The van der Waals surface area contributed by atoms with Gasteiger partial charge in [0.2, 0.25) is 0 Å². The highest BCUT2D eigenvalue weighted by molar-refractivity contribution is 5.90. The lowest BCUT2D eigenvalue weighted by molar-refractivity contribution is -0.132. The molecule has 0 radical (unpaired) electrons. The summed E-state index contributed by atoms with van der Waals surface area (Å²) < 4.78 is 27.0. The Hall–Kier alpha value is -4.59. The maximum Gasteiger partial charge on any atom is 0.335 e. The Morgan fingerprint density at radius 1 is 0.857 bits per heavy atom. The SMILES string of the molecule is C=CC(=O)Oc1cc(-c2ccc(OC=O)cc2OCC)c(OC(C)=O)cc1-c1ccc(OC)cc1. The molecule has 0 amide bonds. The molecule has 0 aliphatic heterocycles. The van der Waals surface area contributed by atoms with Gasteiger partial charge in [0, 0.05) is 35.8 Å². The molecule has 35 heavy (non-hydrogen) atoms. The third kappa shape index (κ3) is 6.05. The first-order valence-corrected chi connectivity index (χ1v) is 10.6. The Kier molecular flexibility index (Phi) is 8.24. The van der Waals surface area contributed by atoms with Gasteiger partial charge in [-0.05, 0) is 48.9 Å². The van der Waals surface area contributed by atoms with Crippen molar-refractivity contribution in [3.63, 3.8) is 0 Å². The Bertz CT molecular complexity index is 1240. The Morgan fingerprint density at radius 2 is 1.51 bits per heavy atom. The quantitative estimate of drug-likeness (QED) is 0.175. The van der Waals surface area contributed by atoms with Crippen LogP contribution in [0.25, 0.3) is 22.3 Å². The zero-order valence-electron chi connectivity index (χ0n) is 19.5. The standard InChI is InChI=1S/C27H24O8/c1-5-27(30)35-25-15-23(21-12-11-20(33-16-28)13-24(21)32-6-2)26(34-17(3)29)14-22(25)18-7-9-19(31-4)10-8-18/h5,7-16H,1,6H2,2-4H3. The van der Waals surface area contributed by atoms with Crippen LogP contribution in [0.5, 0.6) is 28.7 Å². The minimum absolute atomic E-state index is 0.210. The summed E-state index contributed by atoms with van der Waals surface area (Å²) in [5.41, 5.74) is 2.14. The van der Waals surface area contributed by atoms with Crippen LogP contribution in [-0.2, 0) is 14.4 Å². The Morgan fingerprint density at radius 3 is 2.11 bits per heavy atom. The van der Waals surface area contributed by atoms with Crippen molar-refractivity contribution in [2.45, 2.75) is 13.8 Å². The first kappa shape index (κ1) is 25.0. The van der Waals surface area contributed by atoms with Gasteiger partial charge in [0.05, 0.1) is 13.7 Å². The summed E-state index contributed by atoms with van der Waals surface area (Å²) in [5.74, 6) is 0.516. The third-order valence-electron chi connectivity index (χ3n) is 4.84. The van der Waals surface area contributed by atoms with Gasteiger partial charge in [-0.25, -0.2) is 4.79 Å². The average molecular weight is 476 g/mol. The van der Waals surface area contributed by atoms with Crippen LogP contribution in [0.15, 0.2) is 67.3 Å². The van der Waals surface area contributed by atoms with Crippen molar-refractivity contribution in [1.29, 1.82) is 0 Å². The molecule has 0 saturated heterocycles. The molecule has 8 heteroatoms. The summed E-state index contributed by atoms with van der Waals surface area (Å²) >= 11 is 0. The fourth-order valence-electron chi connectivity index (χ4n) is 3.37. The van der Waals surface area contributed by atoms with E-state index >= 15 is 0 Å². The average Bonchev–Trinajstić information content (AvgIpc) is 2.85. The monoisotopic (exact) mass is 476 g/mol. The minimum atomic E-state index is -0.661. The molecule has 0 fully saturated rings. The number of esters is 2. The third-order valence-corrected chi connectivity index (χ3v) is 4.84. The van der Waals surface area contributed by atoms with E-state index in [1.807, 2.05) is 0 Å². The smallest absolute Gasteiger partial charge is 0.335 e. The normalized spacial score (nSPS) is 10.1. The molecular formula is C27H24O8. The van der Waals surface area contributed by atoms with Crippen molar-refractivity contribution in [2.24, 2.45) is 0 Å². The molecule has 3 aromatic rings. The van der Waals surface area contributed by atoms with Crippen molar-refractivity contribution in [3.05, 3.63) is 67.3 Å². The van der Waals surface area contributed by atoms with Crippen LogP contribution in [0.1, 0.15) is 13.8 Å². The molecule has 180 valence electrons. The molecule has 3 rings (SSSR count). The largest absolute Gasteiger partial charge is 0.497 e. The number of benzene rings is 3. The lowest BCUT2D eigenvalue weighted by Gasteiger charge is -2.18. The number of hydrogen-bond acceptors (Lipinski definition) is 8. The second kappa shape index (κ2) is 11.5. The number of carbonyl (C=O) groups excluding carboxylic acids is 3. The lowest BCUT2D eigenvalue weighted by atomic mass is 9.97. The van der Waals surface area contributed by atoms with Gasteiger partial charge in [-0.15, -0.1) is 0 Å². The van der Waals surface area contributed by atoms with E-state index in [4.69, 9.17) is 23.7 Å². The van der Waals surface area contributed by atoms with Gasteiger partial charge in [0.15, 0.2) is 0 Å². The topological polar surface area (TPSA) is 97.4 Å². The summed E-state index contributed by atoms with van der Waals surface area (Å²) in [6.45, 7) is 7.18. The molecule has 0 N–H and O–H groups in total. The van der Waals surface area contributed by atoms with Crippen molar-refractivity contribution in [3.8, 4) is 51.0 Å². The fraction of sp³-hybridized carbons (Fsp3) is 0.148. The predicted octanol–water partition coefficient (Wildman–Crippen LogP) is 4.98. The van der Waals surface area contributed by atoms with Crippen molar-refractivity contribution in [1.82, 2.24) is 0 Å². The van der Waals surface area contributed by atoms with Gasteiger partial charge in [0.25, 0.3) is 6.47 Å². The van der Waals surface area contributed by atoms with Gasteiger partial charge >= 0.3 is 11.9 Å². The van der Waals surface area contributed by atoms with Gasteiger partial charge < -0.3 is 23.7 Å². The summed E-state index contributed by atoms with van der Waals surface area (Å²) in [7, 11) is 1.56. The van der Waals surface area contributed by atoms with Crippen molar-refractivity contribution in [2.75, 3.05) is 13.7 Å². The molecule has 8 nitrogen and oxygen atoms in total. The Labute approximate surface area is 202 Å². The predicted molar refractivity (Wildman–Crippen MR) is 129 cm³/mol. The molecular weight excluding hydrogens is 452 g/mol. The molecule has 0 spiro atoms. The second-order valence-corrected chi connectivity index (χ2v) is 7.10. The van der Waals surface area contributed by atoms with E-state index in [1.54, 1.807) is 62.6 Å². The molecule has 0 heterocycles. The maximum atomic E-state index is 12.1. The van der Waals surface area contributed by atoms with E-state index in [-0.39, 0.29) is 17.2 Å². The highest BCUT2D eigenvalue weighted by Gasteiger charge is 2.21. The van der Waals surface area contributed by atoms with E-state index in [9.17, 15) is 14.4 Å². The second-order valence-electron chi connectivity index (χ2n) is 7.10. The lowest BCUT2D eigenvalue weighted by Crippen LogP contribution is -2.07. The summed E-state index contributed by atoms with van der Waals surface area (Å²) in [6, 6.07) is 15.0. The van der Waals surface area contributed by atoms with E-state index in [0.717, 1.165) is 6.08 Å². The van der Waals surface area contributed by atoms with Gasteiger partial charge in [-0.2, -0.15) is 0 Å². The molecule has 0 aliphatic rings. The Balaban J connectivity index is 2.28. The van der Waals surface area contributed by atoms with E-state index in [2.05, 4.69) is 6.58 Å². The molecule has 0 saturated carbocycles. The number of carbonyl (C=O) groups is 3. The zero-order valence-corrected chi connectivity index (χ0v) is 19.5. The fourth-order valence-corrected chi connectivity index (χ4v) is 3.37. The van der Waals surface area contributed by atoms with Crippen LogP contribution in [0, 0.1) is 0 Å². The van der Waals surface area contributed by atoms with Crippen LogP contribution >= 0.6 is 0 Å². The molecule has 0 aromatic heterocycles. The minimum Gasteiger partial charge on any atom is -0.497 e. The number of methoxy groups -OCH3 is 1. The maximum absolute atomic E-state index is 12.1. The zero-order chi connectivity index (χ0) is 25.4. The van der Waals surface area contributed by atoms with E-state index in [0.29, 0.717) is 46.8 Å².